The molecule has 1 amide bonds. The van der Waals surface area contributed by atoms with Crippen molar-refractivity contribution in [2.24, 2.45) is 5.92 Å². The fourth-order valence-electron chi connectivity index (χ4n) is 3.28. The first-order valence-electron chi connectivity index (χ1n) is 7.63. The van der Waals surface area contributed by atoms with Crippen LogP contribution in [0, 0.1) is 19.8 Å². The van der Waals surface area contributed by atoms with Gasteiger partial charge in [0.1, 0.15) is 18.3 Å². The first-order chi connectivity index (χ1) is 9.95. The molecular weight excluding hydrogens is 264 g/mol. The van der Waals surface area contributed by atoms with Crippen molar-refractivity contribution in [3.8, 4) is 5.75 Å². The molecular formula is C17H24N2O2. The van der Waals surface area contributed by atoms with Crippen LogP contribution in [0.4, 0.5) is 0 Å². The SMILES string of the molecule is Cc1cc2c(cc1C)C(C(=O)N1CC(CN(C)C)C1)CO2. The number of ether oxygens (including phenoxy) is 1. The summed E-state index contributed by atoms with van der Waals surface area (Å²) in [4.78, 5) is 16.8. The van der Waals surface area contributed by atoms with Crippen LogP contribution in [0.1, 0.15) is 22.6 Å². The number of fused-ring (bicyclic) bond motifs is 1. The predicted octanol–water partition coefficient (Wildman–Crippen LogP) is 1.80. The molecule has 4 heteroatoms. The third-order valence-corrected chi connectivity index (χ3v) is 4.60. The third kappa shape index (κ3) is 2.64. The Morgan fingerprint density at radius 1 is 1.29 bits per heavy atom. The molecule has 2 aliphatic heterocycles. The van der Waals surface area contributed by atoms with Crippen LogP contribution in [0.15, 0.2) is 12.1 Å². The number of aryl methyl sites for hydroxylation is 2. The van der Waals surface area contributed by atoms with E-state index in [2.05, 4.69) is 45.0 Å². The van der Waals surface area contributed by atoms with E-state index in [1.165, 1.54) is 11.1 Å². The number of rotatable bonds is 3. The molecule has 4 nitrogen and oxygen atoms in total. The lowest BCUT2D eigenvalue weighted by atomic mass is 9.92. The van der Waals surface area contributed by atoms with Crippen LogP contribution in [-0.4, -0.2) is 56.0 Å². The standard InChI is InChI=1S/C17H24N2O2/c1-11-5-14-15(10-21-16(14)6-12(11)2)17(20)19-8-13(9-19)7-18(3)4/h5-6,13,15H,7-10H2,1-4H3. The molecule has 1 unspecified atom stereocenters. The molecule has 1 aromatic rings. The molecule has 1 saturated heterocycles. The Morgan fingerprint density at radius 3 is 2.62 bits per heavy atom. The number of likely N-dealkylation sites (tertiary alicyclic amines) is 1. The van der Waals surface area contributed by atoms with Crippen LogP contribution in [0.3, 0.4) is 0 Å². The first-order valence-corrected chi connectivity index (χ1v) is 7.63. The molecule has 1 atom stereocenters. The monoisotopic (exact) mass is 288 g/mol. The summed E-state index contributed by atoms with van der Waals surface area (Å²) in [6.45, 7) is 7.48. The van der Waals surface area contributed by atoms with Crippen LogP contribution < -0.4 is 4.74 Å². The van der Waals surface area contributed by atoms with E-state index in [0.717, 1.165) is 30.9 Å². The van der Waals surface area contributed by atoms with Crippen molar-refractivity contribution in [3.63, 3.8) is 0 Å². The molecule has 2 aliphatic rings. The Bertz CT molecular complexity index is 562. The highest BCUT2D eigenvalue weighted by Gasteiger charge is 2.38. The van der Waals surface area contributed by atoms with Gasteiger partial charge in [-0.15, -0.1) is 0 Å². The predicted molar refractivity (Wildman–Crippen MR) is 82.8 cm³/mol. The zero-order valence-corrected chi connectivity index (χ0v) is 13.3. The van der Waals surface area contributed by atoms with E-state index >= 15 is 0 Å². The van der Waals surface area contributed by atoms with Gasteiger partial charge < -0.3 is 14.5 Å². The van der Waals surface area contributed by atoms with Crippen LogP contribution in [0.5, 0.6) is 5.75 Å². The fraction of sp³-hybridized carbons (Fsp3) is 0.588. The summed E-state index contributed by atoms with van der Waals surface area (Å²) in [5, 5.41) is 0. The number of nitrogens with zero attached hydrogens (tertiary/aromatic N) is 2. The van der Waals surface area contributed by atoms with Gasteiger partial charge in [0.15, 0.2) is 0 Å². The Balaban J connectivity index is 1.68. The maximum Gasteiger partial charge on any atom is 0.233 e. The summed E-state index contributed by atoms with van der Waals surface area (Å²) in [6.07, 6.45) is 0. The smallest absolute Gasteiger partial charge is 0.233 e. The molecule has 0 N–H and O–H groups in total. The van der Waals surface area contributed by atoms with Crippen molar-refractivity contribution in [1.29, 1.82) is 0 Å². The molecule has 2 heterocycles. The molecule has 0 bridgehead atoms. The van der Waals surface area contributed by atoms with E-state index in [-0.39, 0.29) is 11.8 Å². The lowest BCUT2D eigenvalue weighted by molar-refractivity contribution is -0.139. The molecule has 1 aromatic carbocycles. The van der Waals surface area contributed by atoms with Crippen molar-refractivity contribution < 1.29 is 9.53 Å². The number of hydrogen-bond donors (Lipinski definition) is 0. The zero-order valence-electron chi connectivity index (χ0n) is 13.3. The van der Waals surface area contributed by atoms with Gasteiger partial charge in [0, 0.05) is 31.1 Å². The second-order valence-corrected chi connectivity index (χ2v) is 6.71. The number of carbonyl (C=O) groups is 1. The van der Waals surface area contributed by atoms with Gasteiger partial charge in [-0.05, 0) is 45.1 Å². The van der Waals surface area contributed by atoms with Gasteiger partial charge in [0.2, 0.25) is 5.91 Å². The first kappa shape index (κ1) is 14.4. The summed E-state index contributed by atoms with van der Waals surface area (Å²) < 4.78 is 5.72. The highest BCUT2D eigenvalue weighted by molar-refractivity contribution is 5.86. The molecule has 0 radical (unpaired) electrons. The summed E-state index contributed by atoms with van der Waals surface area (Å²) in [5.74, 6) is 1.62. The number of benzene rings is 1. The van der Waals surface area contributed by atoms with Gasteiger partial charge in [-0.2, -0.15) is 0 Å². The van der Waals surface area contributed by atoms with Crippen molar-refractivity contribution in [3.05, 3.63) is 28.8 Å². The maximum atomic E-state index is 12.7. The lowest BCUT2D eigenvalue weighted by Crippen LogP contribution is -2.54. The zero-order chi connectivity index (χ0) is 15.1. The van der Waals surface area contributed by atoms with E-state index in [0.29, 0.717) is 12.5 Å². The van der Waals surface area contributed by atoms with Gasteiger partial charge in [-0.1, -0.05) is 6.07 Å². The van der Waals surface area contributed by atoms with Crippen LogP contribution in [0.25, 0.3) is 0 Å². The molecule has 21 heavy (non-hydrogen) atoms. The Morgan fingerprint density at radius 2 is 1.95 bits per heavy atom. The van der Waals surface area contributed by atoms with Crippen LogP contribution in [0.2, 0.25) is 0 Å². The fourth-order valence-corrected chi connectivity index (χ4v) is 3.28. The number of amides is 1. The minimum atomic E-state index is -0.111. The number of hydrogen-bond acceptors (Lipinski definition) is 3. The number of carbonyl (C=O) groups excluding carboxylic acids is 1. The van der Waals surface area contributed by atoms with E-state index in [4.69, 9.17) is 4.74 Å². The molecule has 0 saturated carbocycles. The minimum Gasteiger partial charge on any atom is -0.492 e. The molecule has 0 aliphatic carbocycles. The van der Waals surface area contributed by atoms with E-state index in [9.17, 15) is 4.79 Å². The van der Waals surface area contributed by atoms with Crippen molar-refractivity contribution >= 4 is 5.91 Å². The van der Waals surface area contributed by atoms with Gasteiger partial charge in [0.05, 0.1) is 0 Å². The topological polar surface area (TPSA) is 32.8 Å². The highest BCUT2D eigenvalue weighted by Crippen LogP contribution is 2.38. The van der Waals surface area contributed by atoms with E-state index in [1.807, 2.05) is 4.90 Å². The van der Waals surface area contributed by atoms with Gasteiger partial charge in [-0.3, -0.25) is 4.79 Å². The molecule has 114 valence electrons. The van der Waals surface area contributed by atoms with Gasteiger partial charge >= 0.3 is 0 Å². The average Bonchev–Trinajstić information content (AvgIpc) is 2.76. The van der Waals surface area contributed by atoms with Crippen molar-refractivity contribution in [2.75, 3.05) is 40.3 Å². The lowest BCUT2D eigenvalue weighted by Gasteiger charge is -2.41. The normalized spacial score (nSPS) is 21.2. The van der Waals surface area contributed by atoms with E-state index < -0.39 is 0 Å². The highest BCUT2D eigenvalue weighted by atomic mass is 16.5. The van der Waals surface area contributed by atoms with Crippen LogP contribution >= 0.6 is 0 Å². The summed E-state index contributed by atoms with van der Waals surface area (Å²) >= 11 is 0. The molecule has 3 rings (SSSR count). The van der Waals surface area contributed by atoms with Crippen LogP contribution in [-0.2, 0) is 4.79 Å². The maximum absolute atomic E-state index is 12.7. The van der Waals surface area contributed by atoms with E-state index in [1.54, 1.807) is 0 Å². The molecule has 0 spiro atoms. The molecule has 0 aromatic heterocycles. The third-order valence-electron chi connectivity index (χ3n) is 4.60. The van der Waals surface area contributed by atoms with Crippen molar-refractivity contribution in [1.82, 2.24) is 9.80 Å². The second-order valence-electron chi connectivity index (χ2n) is 6.71. The minimum absolute atomic E-state index is 0.111. The Hall–Kier alpha value is -1.55. The van der Waals surface area contributed by atoms with Gasteiger partial charge in [-0.25, -0.2) is 0 Å². The largest absolute Gasteiger partial charge is 0.492 e. The molecule has 1 fully saturated rings. The average molecular weight is 288 g/mol. The van der Waals surface area contributed by atoms with Gasteiger partial charge in [0.25, 0.3) is 0 Å². The Kier molecular flexibility index (Phi) is 3.66. The quantitative estimate of drug-likeness (QED) is 0.850. The Labute approximate surface area is 126 Å². The van der Waals surface area contributed by atoms with Crippen molar-refractivity contribution in [2.45, 2.75) is 19.8 Å². The summed E-state index contributed by atoms with van der Waals surface area (Å²) in [6, 6.07) is 4.18. The summed E-state index contributed by atoms with van der Waals surface area (Å²) in [5.41, 5.74) is 3.52. The summed E-state index contributed by atoms with van der Waals surface area (Å²) in [7, 11) is 4.16. The second kappa shape index (κ2) is 5.34.